The van der Waals surface area contributed by atoms with Gasteiger partial charge in [0.15, 0.2) is 0 Å². The molecule has 2 amide bonds. The van der Waals surface area contributed by atoms with Crippen LogP contribution in [-0.4, -0.2) is 25.1 Å². The minimum Gasteiger partial charge on any atom is -0.493 e. The summed E-state index contributed by atoms with van der Waals surface area (Å²) in [5, 5.41) is 3.13. The number of halogens is 1. The van der Waals surface area contributed by atoms with E-state index < -0.39 is 12.6 Å². The molecule has 1 aliphatic rings. The first-order valence-corrected chi connectivity index (χ1v) is 7.22. The van der Waals surface area contributed by atoms with Crippen molar-refractivity contribution in [2.24, 2.45) is 0 Å². The number of benzene rings is 1. The fourth-order valence-corrected chi connectivity index (χ4v) is 2.62. The molecule has 1 unspecified atom stereocenters. The number of carbonyl (C=O) groups excluding carboxylic acids is 2. The lowest BCUT2D eigenvalue weighted by Gasteiger charge is -2.19. The Hall–Kier alpha value is -2.37. The summed E-state index contributed by atoms with van der Waals surface area (Å²) < 4.78 is 23.1. The molecule has 0 saturated carbocycles. The first-order chi connectivity index (χ1) is 10.7. The second kappa shape index (κ2) is 6.17. The van der Waals surface area contributed by atoms with Crippen molar-refractivity contribution in [1.29, 1.82) is 0 Å². The molecular weight excluding hydrogens is 289 g/mol. The highest BCUT2D eigenvalue weighted by molar-refractivity contribution is 6.02. The highest BCUT2D eigenvalue weighted by Gasteiger charge is 2.30. The van der Waals surface area contributed by atoms with Crippen LogP contribution < -0.4 is 10.1 Å². The molecule has 0 spiro atoms. The zero-order chi connectivity index (χ0) is 15.5. The van der Waals surface area contributed by atoms with Crippen LogP contribution in [0.2, 0.25) is 0 Å². The first-order valence-electron chi connectivity index (χ1n) is 7.22. The van der Waals surface area contributed by atoms with Crippen molar-refractivity contribution in [1.82, 2.24) is 5.32 Å². The van der Waals surface area contributed by atoms with Gasteiger partial charge in [-0.2, -0.15) is 0 Å². The lowest BCUT2D eigenvalue weighted by atomic mass is 9.90. The predicted molar refractivity (Wildman–Crippen MR) is 77.4 cm³/mol. The zero-order valence-corrected chi connectivity index (χ0v) is 11.9. The van der Waals surface area contributed by atoms with Gasteiger partial charge in [-0.1, -0.05) is 0 Å². The molecule has 116 valence electrons. The largest absolute Gasteiger partial charge is 0.493 e. The normalized spacial score (nSPS) is 18.5. The van der Waals surface area contributed by atoms with Crippen LogP contribution in [0.3, 0.4) is 0 Å². The third-order valence-corrected chi connectivity index (χ3v) is 3.74. The van der Waals surface area contributed by atoms with Crippen LogP contribution in [0.1, 0.15) is 30.7 Å². The molecule has 1 fully saturated rings. The topological polar surface area (TPSA) is 68.5 Å². The van der Waals surface area contributed by atoms with E-state index in [0.717, 1.165) is 10.9 Å². The van der Waals surface area contributed by atoms with E-state index in [9.17, 15) is 14.0 Å². The molecular formula is C16H16FNO4. The Balaban J connectivity index is 1.88. The monoisotopic (exact) mass is 305 g/mol. The van der Waals surface area contributed by atoms with E-state index in [4.69, 9.17) is 9.15 Å². The van der Waals surface area contributed by atoms with E-state index in [0.29, 0.717) is 37.2 Å². The fraction of sp³-hybridized carbons (Fsp3) is 0.375. The number of fused-ring (bicyclic) bond motifs is 1. The van der Waals surface area contributed by atoms with Crippen molar-refractivity contribution in [3.8, 4) is 5.75 Å². The number of piperidine rings is 1. The second-order valence-electron chi connectivity index (χ2n) is 5.24. The van der Waals surface area contributed by atoms with Gasteiger partial charge in [-0.25, -0.2) is 0 Å². The molecule has 5 nitrogen and oxygen atoms in total. The van der Waals surface area contributed by atoms with Gasteiger partial charge in [0.25, 0.3) is 0 Å². The van der Waals surface area contributed by atoms with E-state index >= 15 is 0 Å². The SMILES string of the molecule is O=C1CCC(c2coc3ccc(OCCCF)cc23)C(=O)N1. The Labute approximate surface area is 126 Å². The maximum absolute atomic E-state index is 12.1. The predicted octanol–water partition coefficient (Wildman–Crippen LogP) is 2.69. The number of rotatable bonds is 5. The van der Waals surface area contributed by atoms with Gasteiger partial charge >= 0.3 is 0 Å². The number of hydrogen-bond acceptors (Lipinski definition) is 4. The maximum atomic E-state index is 12.1. The summed E-state index contributed by atoms with van der Waals surface area (Å²) in [5.74, 6) is -0.345. The van der Waals surface area contributed by atoms with Crippen LogP contribution in [-0.2, 0) is 9.59 Å². The summed E-state index contributed by atoms with van der Waals surface area (Å²) in [6.45, 7) is -0.122. The molecule has 1 N–H and O–H groups in total. The summed E-state index contributed by atoms with van der Waals surface area (Å²) in [4.78, 5) is 23.2. The minimum absolute atomic E-state index is 0.246. The lowest BCUT2D eigenvalue weighted by molar-refractivity contribution is -0.134. The van der Waals surface area contributed by atoms with Crippen LogP contribution in [0.4, 0.5) is 4.39 Å². The van der Waals surface area contributed by atoms with E-state index in [1.54, 1.807) is 24.5 Å². The Bertz CT molecular complexity index is 709. The van der Waals surface area contributed by atoms with Crippen molar-refractivity contribution in [3.63, 3.8) is 0 Å². The number of ether oxygens (including phenoxy) is 1. The van der Waals surface area contributed by atoms with Gasteiger partial charge in [0.05, 0.1) is 25.5 Å². The van der Waals surface area contributed by atoms with Crippen molar-refractivity contribution in [2.45, 2.75) is 25.2 Å². The maximum Gasteiger partial charge on any atom is 0.234 e. The molecule has 1 atom stereocenters. The molecule has 0 aliphatic carbocycles. The van der Waals surface area contributed by atoms with Crippen LogP contribution in [0.25, 0.3) is 11.0 Å². The summed E-state index contributed by atoms with van der Waals surface area (Å²) in [5.41, 5.74) is 1.40. The number of hydrogen-bond donors (Lipinski definition) is 1. The Morgan fingerprint density at radius 2 is 2.23 bits per heavy atom. The smallest absolute Gasteiger partial charge is 0.234 e. The van der Waals surface area contributed by atoms with Crippen molar-refractivity contribution >= 4 is 22.8 Å². The quantitative estimate of drug-likeness (QED) is 0.681. The van der Waals surface area contributed by atoms with Gasteiger partial charge in [0.1, 0.15) is 11.3 Å². The van der Waals surface area contributed by atoms with Gasteiger partial charge in [-0.05, 0) is 24.6 Å². The van der Waals surface area contributed by atoms with Crippen LogP contribution in [0, 0.1) is 0 Å². The van der Waals surface area contributed by atoms with E-state index in [-0.39, 0.29) is 11.8 Å². The molecule has 0 bridgehead atoms. The molecule has 0 radical (unpaired) electrons. The molecule has 6 heteroatoms. The average Bonchev–Trinajstić information content (AvgIpc) is 2.91. The number of carbonyl (C=O) groups is 2. The molecule has 22 heavy (non-hydrogen) atoms. The van der Waals surface area contributed by atoms with E-state index in [1.165, 1.54) is 0 Å². The zero-order valence-electron chi connectivity index (χ0n) is 11.9. The molecule has 1 aromatic heterocycles. The average molecular weight is 305 g/mol. The number of amides is 2. The van der Waals surface area contributed by atoms with E-state index in [2.05, 4.69) is 5.32 Å². The van der Waals surface area contributed by atoms with Crippen LogP contribution in [0.15, 0.2) is 28.9 Å². The van der Waals surface area contributed by atoms with Gasteiger partial charge in [-0.3, -0.25) is 19.3 Å². The second-order valence-corrected chi connectivity index (χ2v) is 5.24. The number of alkyl halides is 1. The molecule has 3 rings (SSSR count). The number of imide groups is 1. The van der Waals surface area contributed by atoms with Crippen LogP contribution >= 0.6 is 0 Å². The number of furan rings is 1. The Kier molecular flexibility index (Phi) is 4.09. The third-order valence-electron chi connectivity index (χ3n) is 3.74. The summed E-state index contributed by atoms with van der Waals surface area (Å²) in [7, 11) is 0. The van der Waals surface area contributed by atoms with Crippen molar-refractivity contribution < 1.29 is 23.1 Å². The highest BCUT2D eigenvalue weighted by Crippen LogP contribution is 2.34. The van der Waals surface area contributed by atoms with Crippen LogP contribution in [0.5, 0.6) is 5.75 Å². The molecule has 1 aliphatic heterocycles. The highest BCUT2D eigenvalue weighted by atomic mass is 19.1. The summed E-state index contributed by atoms with van der Waals surface area (Å²) in [6, 6.07) is 5.30. The summed E-state index contributed by atoms with van der Waals surface area (Å²) in [6.07, 6.45) is 2.67. The van der Waals surface area contributed by atoms with Gasteiger partial charge in [0, 0.05) is 23.8 Å². The number of nitrogens with one attached hydrogen (secondary N) is 1. The molecule has 1 aromatic carbocycles. The molecule has 1 saturated heterocycles. The third kappa shape index (κ3) is 2.81. The van der Waals surface area contributed by atoms with E-state index in [1.807, 2.05) is 0 Å². The summed E-state index contributed by atoms with van der Waals surface area (Å²) >= 11 is 0. The van der Waals surface area contributed by atoms with Gasteiger partial charge < -0.3 is 9.15 Å². The Morgan fingerprint density at radius 3 is 3.00 bits per heavy atom. The fourth-order valence-electron chi connectivity index (χ4n) is 2.62. The standard InChI is InChI=1S/C16H16FNO4/c17-6-1-7-21-10-2-4-14-12(8-10)13(9-22-14)11-3-5-15(19)18-16(11)20/h2,4,8-9,11H,1,3,5-7H2,(H,18,19,20). The van der Waals surface area contributed by atoms with Gasteiger partial charge in [-0.15, -0.1) is 0 Å². The van der Waals surface area contributed by atoms with Crippen molar-refractivity contribution in [3.05, 3.63) is 30.0 Å². The van der Waals surface area contributed by atoms with Crippen molar-refractivity contribution in [2.75, 3.05) is 13.3 Å². The molecule has 2 aromatic rings. The Morgan fingerprint density at radius 1 is 1.36 bits per heavy atom. The minimum atomic E-state index is -0.421. The lowest BCUT2D eigenvalue weighted by Crippen LogP contribution is -2.39. The van der Waals surface area contributed by atoms with Gasteiger partial charge in [0.2, 0.25) is 11.8 Å². The molecule has 2 heterocycles. The first kappa shape index (κ1) is 14.6.